The van der Waals surface area contributed by atoms with Gasteiger partial charge < -0.3 is 21.7 Å². The van der Waals surface area contributed by atoms with Crippen molar-refractivity contribution in [3.05, 3.63) is 6.07 Å². The molecule has 1 fully saturated rings. The number of nitrogen functional groups attached to an aromatic ring is 1. The fraction of sp³-hybridized carbons (Fsp3) is 0.583. The van der Waals surface area contributed by atoms with Gasteiger partial charge in [-0.2, -0.15) is 9.97 Å². The summed E-state index contributed by atoms with van der Waals surface area (Å²) < 4.78 is 0. The van der Waals surface area contributed by atoms with Crippen LogP contribution in [0.5, 0.6) is 0 Å². The van der Waals surface area contributed by atoms with Gasteiger partial charge in [0.05, 0.1) is 6.54 Å². The maximum Gasteiger partial charge on any atom is 0.239 e. The highest BCUT2D eigenvalue weighted by Crippen LogP contribution is 2.18. The van der Waals surface area contributed by atoms with Crippen LogP contribution in [0.3, 0.4) is 0 Å². The molecule has 1 amide bonds. The highest BCUT2D eigenvalue weighted by molar-refractivity contribution is 5.81. The van der Waals surface area contributed by atoms with E-state index in [9.17, 15) is 4.79 Å². The SMILES string of the molecule is CCCNc1cc(NCC(=O)NC2CC2)nc(N)n1. The Morgan fingerprint density at radius 1 is 1.37 bits per heavy atom. The molecule has 104 valence electrons. The lowest BCUT2D eigenvalue weighted by Crippen LogP contribution is -2.31. The number of hydrogen-bond donors (Lipinski definition) is 4. The minimum Gasteiger partial charge on any atom is -0.370 e. The summed E-state index contributed by atoms with van der Waals surface area (Å²) in [5, 5.41) is 8.98. The van der Waals surface area contributed by atoms with E-state index in [1.807, 2.05) is 0 Å². The third-order valence-electron chi connectivity index (χ3n) is 2.67. The molecule has 0 atom stereocenters. The number of nitrogens with zero attached hydrogens (tertiary/aromatic N) is 2. The van der Waals surface area contributed by atoms with E-state index < -0.39 is 0 Å². The minimum absolute atomic E-state index is 0.0252. The summed E-state index contributed by atoms with van der Waals surface area (Å²) in [5.41, 5.74) is 5.63. The second kappa shape index (κ2) is 6.21. The van der Waals surface area contributed by atoms with Crippen molar-refractivity contribution < 1.29 is 4.79 Å². The highest BCUT2D eigenvalue weighted by atomic mass is 16.2. The van der Waals surface area contributed by atoms with Gasteiger partial charge in [-0.1, -0.05) is 6.92 Å². The summed E-state index contributed by atoms with van der Waals surface area (Å²) in [6.07, 6.45) is 3.16. The lowest BCUT2D eigenvalue weighted by atomic mass is 10.4. The summed E-state index contributed by atoms with van der Waals surface area (Å²) in [6, 6.07) is 2.11. The molecule has 2 rings (SSSR count). The molecular weight excluding hydrogens is 244 g/mol. The molecule has 5 N–H and O–H groups in total. The van der Waals surface area contributed by atoms with Crippen molar-refractivity contribution in [2.75, 3.05) is 29.5 Å². The van der Waals surface area contributed by atoms with Gasteiger partial charge in [-0.05, 0) is 19.3 Å². The van der Waals surface area contributed by atoms with Crippen molar-refractivity contribution >= 4 is 23.5 Å². The first-order valence-corrected chi connectivity index (χ1v) is 6.59. The molecule has 1 heterocycles. The van der Waals surface area contributed by atoms with Gasteiger partial charge in [-0.25, -0.2) is 0 Å². The second-order valence-corrected chi connectivity index (χ2v) is 4.62. The molecule has 0 aromatic carbocycles. The third-order valence-corrected chi connectivity index (χ3v) is 2.67. The van der Waals surface area contributed by atoms with E-state index in [1.165, 1.54) is 0 Å². The molecule has 1 aromatic rings. The number of aromatic nitrogens is 2. The van der Waals surface area contributed by atoms with Crippen LogP contribution in [-0.4, -0.2) is 35.0 Å². The molecule has 1 aliphatic carbocycles. The van der Waals surface area contributed by atoms with Crippen LogP contribution >= 0.6 is 0 Å². The molecule has 1 aromatic heterocycles. The molecule has 7 nitrogen and oxygen atoms in total. The Kier molecular flexibility index (Phi) is 4.38. The largest absolute Gasteiger partial charge is 0.370 e. The predicted octanol–water partition coefficient (Wildman–Crippen LogP) is 0.571. The Labute approximate surface area is 112 Å². The van der Waals surface area contributed by atoms with Crippen molar-refractivity contribution in [3.63, 3.8) is 0 Å². The van der Waals surface area contributed by atoms with Crippen molar-refractivity contribution in [1.82, 2.24) is 15.3 Å². The van der Waals surface area contributed by atoms with E-state index in [0.29, 0.717) is 17.7 Å². The summed E-state index contributed by atoms with van der Waals surface area (Å²) in [7, 11) is 0. The monoisotopic (exact) mass is 264 g/mol. The van der Waals surface area contributed by atoms with E-state index in [4.69, 9.17) is 5.73 Å². The molecule has 0 saturated heterocycles. The van der Waals surface area contributed by atoms with Gasteiger partial charge in [-0.3, -0.25) is 4.79 Å². The van der Waals surface area contributed by atoms with Crippen LogP contribution in [0.1, 0.15) is 26.2 Å². The fourth-order valence-corrected chi connectivity index (χ4v) is 1.58. The predicted molar refractivity (Wildman–Crippen MR) is 74.9 cm³/mol. The van der Waals surface area contributed by atoms with Crippen LogP contribution in [0, 0.1) is 0 Å². The average molecular weight is 264 g/mol. The maximum absolute atomic E-state index is 11.5. The van der Waals surface area contributed by atoms with Crippen LogP contribution in [0.15, 0.2) is 6.07 Å². The number of anilines is 3. The number of carbonyl (C=O) groups excluding carboxylic acids is 1. The van der Waals surface area contributed by atoms with Crippen molar-refractivity contribution in [3.8, 4) is 0 Å². The molecule has 1 aliphatic rings. The van der Waals surface area contributed by atoms with Gasteiger partial charge in [0.25, 0.3) is 0 Å². The number of hydrogen-bond acceptors (Lipinski definition) is 6. The van der Waals surface area contributed by atoms with E-state index in [-0.39, 0.29) is 18.4 Å². The first-order valence-electron chi connectivity index (χ1n) is 6.59. The zero-order valence-electron chi connectivity index (χ0n) is 11.1. The summed E-state index contributed by atoms with van der Waals surface area (Å²) in [6.45, 7) is 3.08. The van der Waals surface area contributed by atoms with E-state index in [1.54, 1.807) is 6.07 Å². The summed E-state index contributed by atoms with van der Waals surface area (Å²) >= 11 is 0. The molecule has 0 unspecified atom stereocenters. The Morgan fingerprint density at radius 2 is 2.05 bits per heavy atom. The molecule has 19 heavy (non-hydrogen) atoms. The second-order valence-electron chi connectivity index (χ2n) is 4.62. The molecule has 0 bridgehead atoms. The van der Waals surface area contributed by atoms with Crippen LogP contribution in [0.2, 0.25) is 0 Å². The third kappa shape index (κ3) is 4.61. The maximum atomic E-state index is 11.5. The number of carbonyl (C=O) groups is 1. The van der Waals surface area contributed by atoms with Gasteiger partial charge in [0.15, 0.2) is 0 Å². The van der Waals surface area contributed by atoms with Crippen molar-refractivity contribution in [2.24, 2.45) is 0 Å². The highest BCUT2D eigenvalue weighted by Gasteiger charge is 2.22. The van der Waals surface area contributed by atoms with Gasteiger partial charge in [0, 0.05) is 18.7 Å². The number of rotatable bonds is 7. The Balaban J connectivity index is 1.87. The normalized spacial score (nSPS) is 13.9. The van der Waals surface area contributed by atoms with Gasteiger partial charge in [0.1, 0.15) is 11.6 Å². The smallest absolute Gasteiger partial charge is 0.239 e. The minimum atomic E-state index is -0.0252. The van der Waals surface area contributed by atoms with Crippen molar-refractivity contribution in [1.29, 1.82) is 0 Å². The van der Waals surface area contributed by atoms with Crippen LogP contribution in [0.4, 0.5) is 17.6 Å². The molecular formula is C12H20N6O. The van der Waals surface area contributed by atoms with Gasteiger partial charge in [-0.15, -0.1) is 0 Å². The Hall–Kier alpha value is -2.05. The molecule has 0 spiro atoms. The molecule has 0 radical (unpaired) electrons. The fourth-order valence-electron chi connectivity index (χ4n) is 1.58. The van der Waals surface area contributed by atoms with E-state index in [0.717, 1.165) is 25.8 Å². The summed E-state index contributed by atoms with van der Waals surface area (Å²) in [5.74, 6) is 1.38. The van der Waals surface area contributed by atoms with Crippen LogP contribution in [-0.2, 0) is 4.79 Å². The summed E-state index contributed by atoms with van der Waals surface area (Å²) in [4.78, 5) is 19.7. The lowest BCUT2D eigenvalue weighted by Gasteiger charge is -2.09. The number of nitrogens with one attached hydrogen (secondary N) is 3. The molecule has 7 heteroatoms. The molecule has 1 saturated carbocycles. The van der Waals surface area contributed by atoms with Gasteiger partial charge >= 0.3 is 0 Å². The quantitative estimate of drug-likeness (QED) is 0.574. The topological polar surface area (TPSA) is 105 Å². The van der Waals surface area contributed by atoms with Crippen LogP contribution < -0.4 is 21.7 Å². The average Bonchev–Trinajstić information content (AvgIpc) is 3.17. The first-order chi connectivity index (χ1) is 9.17. The Bertz CT molecular complexity index is 446. The number of nitrogens with two attached hydrogens (primary N) is 1. The van der Waals surface area contributed by atoms with Gasteiger partial charge in [0.2, 0.25) is 11.9 Å². The number of amides is 1. The standard InChI is InChI=1S/C12H20N6O/c1-2-5-14-9-6-10(18-12(13)17-9)15-7-11(19)16-8-3-4-8/h6,8H,2-5,7H2,1H3,(H,16,19)(H4,13,14,15,17,18). The van der Waals surface area contributed by atoms with Crippen molar-refractivity contribution in [2.45, 2.75) is 32.2 Å². The van der Waals surface area contributed by atoms with E-state index in [2.05, 4.69) is 32.8 Å². The Morgan fingerprint density at radius 3 is 2.68 bits per heavy atom. The van der Waals surface area contributed by atoms with E-state index >= 15 is 0 Å². The molecule has 0 aliphatic heterocycles. The first kappa shape index (κ1) is 13.4. The lowest BCUT2D eigenvalue weighted by molar-refractivity contribution is -0.119. The zero-order valence-corrected chi connectivity index (χ0v) is 11.1. The van der Waals surface area contributed by atoms with Crippen LogP contribution in [0.25, 0.3) is 0 Å². The zero-order chi connectivity index (χ0) is 13.7.